The normalized spacial score (nSPS) is 19.5. The van der Waals surface area contributed by atoms with Crippen LogP contribution in [-0.2, 0) is 11.3 Å². The van der Waals surface area contributed by atoms with Crippen LogP contribution in [0.3, 0.4) is 0 Å². The first-order valence-corrected chi connectivity index (χ1v) is 6.00. The molecule has 3 N–H and O–H groups in total. The number of nitrogens with two attached hydrogens (primary N) is 1. The number of benzene rings is 1. The van der Waals surface area contributed by atoms with Crippen LogP contribution in [0.2, 0.25) is 0 Å². The van der Waals surface area contributed by atoms with Gasteiger partial charge in [-0.3, -0.25) is 0 Å². The predicted octanol–water partition coefficient (Wildman–Crippen LogP) is 1.40. The molecule has 0 spiro atoms. The molecule has 4 heteroatoms. The maximum atomic E-state index is 5.95. The maximum Gasteiger partial charge on any atom is 0.120 e. The highest BCUT2D eigenvalue weighted by atomic mass is 16.5. The number of nitrogen functional groups attached to an aromatic ring is 1. The van der Waals surface area contributed by atoms with Gasteiger partial charge >= 0.3 is 0 Å². The lowest BCUT2D eigenvalue weighted by Crippen LogP contribution is -2.23. The topological polar surface area (TPSA) is 56.5 Å². The summed E-state index contributed by atoms with van der Waals surface area (Å²) in [6, 6.07) is 5.80. The van der Waals surface area contributed by atoms with Crippen molar-refractivity contribution in [1.29, 1.82) is 0 Å². The third kappa shape index (κ3) is 3.35. The lowest BCUT2D eigenvalue weighted by Gasteiger charge is -2.11. The van der Waals surface area contributed by atoms with Crippen molar-refractivity contribution < 1.29 is 9.47 Å². The van der Waals surface area contributed by atoms with Gasteiger partial charge in [-0.05, 0) is 24.0 Å². The van der Waals surface area contributed by atoms with Crippen LogP contribution in [0.5, 0.6) is 5.75 Å². The summed E-state index contributed by atoms with van der Waals surface area (Å²) in [6.45, 7) is 3.57. The van der Waals surface area contributed by atoms with Gasteiger partial charge in [0.25, 0.3) is 0 Å². The Morgan fingerprint density at radius 1 is 1.53 bits per heavy atom. The van der Waals surface area contributed by atoms with Crippen LogP contribution in [0, 0.1) is 5.92 Å². The first-order valence-electron chi connectivity index (χ1n) is 6.00. The molecule has 0 aliphatic carbocycles. The molecule has 94 valence electrons. The molecular weight excluding hydrogens is 216 g/mol. The Kier molecular flexibility index (Phi) is 4.23. The van der Waals surface area contributed by atoms with E-state index >= 15 is 0 Å². The molecule has 1 heterocycles. The summed E-state index contributed by atoms with van der Waals surface area (Å²) in [4.78, 5) is 0. The van der Waals surface area contributed by atoms with E-state index in [2.05, 4.69) is 5.32 Å². The first-order chi connectivity index (χ1) is 8.29. The van der Waals surface area contributed by atoms with Crippen molar-refractivity contribution in [2.75, 3.05) is 32.6 Å². The van der Waals surface area contributed by atoms with E-state index in [1.54, 1.807) is 7.11 Å². The summed E-state index contributed by atoms with van der Waals surface area (Å²) in [6.07, 6.45) is 1.16. The average molecular weight is 236 g/mol. The standard InChI is InChI=1S/C13H20N2O2/c1-16-12-3-2-11(13(14)6-12)8-15-7-10-4-5-17-9-10/h2-3,6,10,15H,4-5,7-9,14H2,1H3. The Hall–Kier alpha value is -1.26. The fourth-order valence-corrected chi connectivity index (χ4v) is 2.02. The molecule has 1 aliphatic rings. The maximum absolute atomic E-state index is 5.95. The summed E-state index contributed by atoms with van der Waals surface area (Å²) in [5.74, 6) is 1.45. The lowest BCUT2D eigenvalue weighted by atomic mass is 10.1. The van der Waals surface area contributed by atoms with E-state index in [0.717, 1.165) is 49.7 Å². The molecule has 0 bridgehead atoms. The van der Waals surface area contributed by atoms with Crippen LogP contribution in [-0.4, -0.2) is 26.9 Å². The second kappa shape index (κ2) is 5.89. The summed E-state index contributed by atoms with van der Waals surface area (Å²) in [5.41, 5.74) is 7.84. The van der Waals surface area contributed by atoms with Crippen LogP contribution in [0.25, 0.3) is 0 Å². The van der Waals surface area contributed by atoms with Crippen LogP contribution in [0.4, 0.5) is 5.69 Å². The zero-order valence-corrected chi connectivity index (χ0v) is 10.2. The molecule has 1 aromatic rings. The number of anilines is 1. The van der Waals surface area contributed by atoms with Crippen LogP contribution in [0.15, 0.2) is 18.2 Å². The largest absolute Gasteiger partial charge is 0.497 e. The molecule has 0 aromatic heterocycles. The van der Waals surface area contributed by atoms with Gasteiger partial charge in [0, 0.05) is 31.5 Å². The molecular formula is C13H20N2O2. The predicted molar refractivity (Wildman–Crippen MR) is 68.0 cm³/mol. The lowest BCUT2D eigenvalue weighted by molar-refractivity contribution is 0.185. The number of methoxy groups -OCH3 is 1. The van der Waals surface area contributed by atoms with Crippen molar-refractivity contribution in [2.24, 2.45) is 5.92 Å². The highest BCUT2D eigenvalue weighted by Crippen LogP contribution is 2.19. The zero-order chi connectivity index (χ0) is 12.1. The number of hydrogen-bond donors (Lipinski definition) is 2. The fourth-order valence-electron chi connectivity index (χ4n) is 2.02. The highest BCUT2D eigenvalue weighted by Gasteiger charge is 2.14. The average Bonchev–Trinajstić information content (AvgIpc) is 2.84. The van der Waals surface area contributed by atoms with Gasteiger partial charge < -0.3 is 20.5 Å². The molecule has 1 unspecified atom stereocenters. The van der Waals surface area contributed by atoms with Gasteiger partial charge in [-0.15, -0.1) is 0 Å². The van der Waals surface area contributed by atoms with E-state index in [4.69, 9.17) is 15.2 Å². The van der Waals surface area contributed by atoms with Crippen LogP contribution in [0.1, 0.15) is 12.0 Å². The molecule has 0 amide bonds. The van der Waals surface area contributed by atoms with Gasteiger partial charge in [-0.1, -0.05) is 6.07 Å². The van der Waals surface area contributed by atoms with Gasteiger partial charge in [-0.25, -0.2) is 0 Å². The molecule has 1 aromatic carbocycles. The quantitative estimate of drug-likeness (QED) is 0.759. The third-order valence-electron chi connectivity index (χ3n) is 3.13. The fraction of sp³-hybridized carbons (Fsp3) is 0.538. The van der Waals surface area contributed by atoms with E-state index in [1.165, 1.54) is 0 Å². The van der Waals surface area contributed by atoms with E-state index < -0.39 is 0 Å². The third-order valence-corrected chi connectivity index (χ3v) is 3.13. The number of hydrogen-bond acceptors (Lipinski definition) is 4. The van der Waals surface area contributed by atoms with E-state index in [-0.39, 0.29) is 0 Å². The van der Waals surface area contributed by atoms with E-state index in [9.17, 15) is 0 Å². The Morgan fingerprint density at radius 2 is 2.41 bits per heavy atom. The van der Waals surface area contributed by atoms with Gasteiger partial charge in [0.1, 0.15) is 5.75 Å². The van der Waals surface area contributed by atoms with Crippen molar-refractivity contribution in [2.45, 2.75) is 13.0 Å². The molecule has 0 saturated carbocycles. The number of rotatable bonds is 5. The zero-order valence-electron chi connectivity index (χ0n) is 10.2. The summed E-state index contributed by atoms with van der Waals surface area (Å²) in [5, 5.41) is 3.42. The molecule has 1 aliphatic heterocycles. The summed E-state index contributed by atoms with van der Waals surface area (Å²) < 4.78 is 10.5. The van der Waals surface area contributed by atoms with Crippen LogP contribution >= 0.6 is 0 Å². The summed E-state index contributed by atoms with van der Waals surface area (Å²) >= 11 is 0. The SMILES string of the molecule is COc1ccc(CNCC2CCOC2)c(N)c1. The molecule has 17 heavy (non-hydrogen) atoms. The summed E-state index contributed by atoms with van der Waals surface area (Å²) in [7, 11) is 1.65. The van der Waals surface area contributed by atoms with Gasteiger partial charge in [0.05, 0.1) is 13.7 Å². The van der Waals surface area contributed by atoms with Crippen molar-refractivity contribution in [1.82, 2.24) is 5.32 Å². The van der Waals surface area contributed by atoms with Crippen molar-refractivity contribution in [3.63, 3.8) is 0 Å². The number of ether oxygens (including phenoxy) is 2. The Labute approximate surface area is 102 Å². The minimum absolute atomic E-state index is 0.648. The van der Waals surface area contributed by atoms with Crippen molar-refractivity contribution in [3.05, 3.63) is 23.8 Å². The van der Waals surface area contributed by atoms with Gasteiger partial charge in [0.15, 0.2) is 0 Å². The molecule has 1 fully saturated rings. The Morgan fingerprint density at radius 3 is 3.06 bits per heavy atom. The Balaban J connectivity index is 1.81. The van der Waals surface area contributed by atoms with Gasteiger partial charge in [0.2, 0.25) is 0 Å². The minimum Gasteiger partial charge on any atom is -0.497 e. The second-order valence-corrected chi connectivity index (χ2v) is 4.43. The van der Waals surface area contributed by atoms with E-state index in [0.29, 0.717) is 5.92 Å². The first kappa shape index (κ1) is 12.2. The monoisotopic (exact) mass is 236 g/mol. The molecule has 4 nitrogen and oxygen atoms in total. The smallest absolute Gasteiger partial charge is 0.120 e. The van der Waals surface area contributed by atoms with Crippen molar-refractivity contribution >= 4 is 5.69 Å². The Bertz CT molecular complexity index is 362. The molecule has 2 rings (SSSR count). The van der Waals surface area contributed by atoms with Gasteiger partial charge in [-0.2, -0.15) is 0 Å². The highest BCUT2D eigenvalue weighted by molar-refractivity contribution is 5.51. The van der Waals surface area contributed by atoms with Crippen LogP contribution < -0.4 is 15.8 Å². The second-order valence-electron chi connectivity index (χ2n) is 4.43. The minimum atomic E-state index is 0.648. The van der Waals surface area contributed by atoms with Crippen molar-refractivity contribution in [3.8, 4) is 5.75 Å². The number of nitrogens with one attached hydrogen (secondary N) is 1. The molecule has 1 saturated heterocycles. The van der Waals surface area contributed by atoms with E-state index in [1.807, 2.05) is 18.2 Å². The molecule has 1 atom stereocenters. The molecule has 0 radical (unpaired) electrons.